The van der Waals surface area contributed by atoms with Gasteiger partial charge in [0.05, 0.1) is 19.2 Å². The molecule has 0 radical (unpaired) electrons. The first kappa shape index (κ1) is 28.0. The van der Waals surface area contributed by atoms with Crippen LogP contribution in [-0.2, 0) is 20.7 Å². The van der Waals surface area contributed by atoms with Gasteiger partial charge in [0.25, 0.3) is 0 Å². The van der Waals surface area contributed by atoms with E-state index in [-0.39, 0.29) is 12.0 Å². The Bertz CT molecular complexity index is 1230. The van der Waals surface area contributed by atoms with Gasteiger partial charge in [-0.15, -0.1) is 0 Å². The summed E-state index contributed by atoms with van der Waals surface area (Å²) in [6.45, 7) is 14.6. The highest BCUT2D eigenvalue weighted by atomic mass is 32.2. The maximum atomic E-state index is 12.4. The summed E-state index contributed by atoms with van der Waals surface area (Å²) in [6.07, 6.45) is 1.94. The molecule has 3 rings (SSSR count). The molecular weight excluding hydrogens is 488 g/mol. The minimum atomic E-state index is -0.809. The Hall–Kier alpha value is -3.60. The summed E-state index contributed by atoms with van der Waals surface area (Å²) in [6, 6.07) is 11.5. The highest BCUT2D eigenvalue weighted by Crippen LogP contribution is 2.43. The number of esters is 1. The van der Waals surface area contributed by atoms with Crippen LogP contribution < -0.4 is 16.0 Å². The van der Waals surface area contributed by atoms with E-state index in [4.69, 9.17) is 22.0 Å². The van der Waals surface area contributed by atoms with E-state index in [9.17, 15) is 14.9 Å². The number of hydrogen-bond donors (Lipinski definition) is 2. The average Bonchev–Trinajstić information content (AvgIpc) is 2.90. The molecule has 0 bridgehead atoms. The number of primary amides is 1. The number of piperidine rings is 1. The molecule has 1 aliphatic rings. The molecule has 9 nitrogen and oxygen atoms in total. The molecule has 1 unspecified atom stereocenters. The van der Waals surface area contributed by atoms with Crippen LogP contribution in [0.2, 0.25) is 0 Å². The molecule has 0 saturated carbocycles. The van der Waals surface area contributed by atoms with Gasteiger partial charge in [0.15, 0.2) is 0 Å². The maximum absolute atomic E-state index is 12.4. The van der Waals surface area contributed by atoms with Crippen molar-refractivity contribution in [2.75, 3.05) is 25.1 Å². The molecule has 3 N–H and O–H groups in total. The quantitative estimate of drug-likeness (QED) is 0.290. The van der Waals surface area contributed by atoms with Gasteiger partial charge in [-0.05, 0) is 44.2 Å². The Morgan fingerprint density at radius 1 is 1.35 bits per heavy atom. The van der Waals surface area contributed by atoms with Crippen molar-refractivity contribution in [2.45, 2.75) is 61.9 Å². The van der Waals surface area contributed by atoms with Crippen LogP contribution in [0.5, 0.6) is 0 Å². The first-order valence-corrected chi connectivity index (χ1v) is 13.0. The number of nitrogens with two attached hydrogens (primary N) is 1. The van der Waals surface area contributed by atoms with Gasteiger partial charge in [0, 0.05) is 19.1 Å². The number of amides is 1. The number of nitrogens with one attached hydrogen (secondary N) is 1. The van der Waals surface area contributed by atoms with Crippen LogP contribution in [-0.4, -0.2) is 48.6 Å². The van der Waals surface area contributed by atoms with E-state index in [0.717, 1.165) is 30.2 Å². The standard InChI is InChI=1S/C27H32N6O3S/c1-6-19-20(16-28)25(37-22(23(29)34)17-10-8-7-9-11-17)31-24(21(19)30-4)33-14-12-18(13-15-33)32-27(2,3)26(35)36-5/h7-11,18,22,32H,6,12-15H2,1-3,5H3,(H2,29,34). The molecule has 0 aliphatic carbocycles. The zero-order valence-electron chi connectivity index (χ0n) is 21.6. The smallest absolute Gasteiger partial charge is 0.325 e. The summed E-state index contributed by atoms with van der Waals surface area (Å²) in [5, 5.41) is 13.0. The molecule has 0 spiro atoms. The zero-order valence-corrected chi connectivity index (χ0v) is 22.4. The minimum Gasteiger partial charge on any atom is -0.468 e. The molecule has 1 saturated heterocycles. The molecule has 37 heavy (non-hydrogen) atoms. The van der Waals surface area contributed by atoms with E-state index >= 15 is 0 Å². The van der Waals surface area contributed by atoms with Crippen LogP contribution in [0, 0.1) is 17.9 Å². The Balaban J connectivity index is 1.94. The lowest BCUT2D eigenvalue weighted by Gasteiger charge is -2.37. The van der Waals surface area contributed by atoms with Crippen molar-refractivity contribution in [3.05, 3.63) is 58.4 Å². The van der Waals surface area contributed by atoms with Crippen molar-refractivity contribution in [2.24, 2.45) is 5.73 Å². The Kier molecular flexibility index (Phi) is 9.14. The average molecular weight is 521 g/mol. The number of benzene rings is 1. The molecule has 1 aliphatic heterocycles. The molecule has 10 heteroatoms. The summed E-state index contributed by atoms with van der Waals surface area (Å²) in [7, 11) is 1.37. The number of carbonyl (C=O) groups excluding carboxylic acids is 2. The van der Waals surface area contributed by atoms with E-state index in [1.54, 1.807) is 13.8 Å². The lowest BCUT2D eigenvalue weighted by molar-refractivity contribution is -0.147. The van der Waals surface area contributed by atoms with Crippen molar-refractivity contribution in [3.8, 4) is 6.07 Å². The third-order valence-corrected chi connectivity index (χ3v) is 7.70. The first-order valence-electron chi connectivity index (χ1n) is 12.1. The fraction of sp³-hybridized carbons (Fsp3) is 0.444. The van der Waals surface area contributed by atoms with Gasteiger partial charge in [-0.3, -0.25) is 14.9 Å². The lowest BCUT2D eigenvalue weighted by Crippen LogP contribution is -2.55. The number of hydrogen-bond acceptors (Lipinski definition) is 8. The molecule has 1 amide bonds. The number of nitrogens with zero attached hydrogens (tertiary/aromatic N) is 4. The van der Waals surface area contributed by atoms with E-state index < -0.39 is 16.7 Å². The van der Waals surface area contributed by atoms with E-state index in [1.807, 2.05) is 42.2 Å². The number of anilines is 1. The summed E-state index contributed by atoms with van der Waals surface area (Å²) in [4.78, 5) is 35.1. The SMILES string of the molecule is [C-]#[N+]c1c(N2CCC(NC(C)(C)C(=O)OC)CC2)nc(SC(C(N)=O)c2ccccc2)c(C#N)c1CC. The molecule has 194 valence electrons. The lowest BCUT2D eigenvalue weighted by atomic mass is 9.98. The highest BCUT2D eigenvalue weighted by molar-refractivity contribution is 8.00. The molecular formula is C27H32N6O3S. The fourth-order valence-corrected chi connectivity index (χ4v) is 5.62. The normalized spacial score (nSPS) is 14.9. The van der Waals surface area contributed by atoms with Crippen molar-refractivity contribution >= 4 is 35.1 Å². The largest absolute Gasteiger partial charge is 0.468 e. The van der Waals surface area contributed by atoms with Gasteiger partial charge in [-0.2, -0.15) is 5.26 Å². The van der Waals surface area contributed by atoms with Gasteiger partial charge in [0.2, 0.25) is 11.6 Å². The van der Waals surface area contributed by atoms with Crippen molar-refractivity contribution < 1.29 is 14.3 Å². The second-order valence-corrected chi connectivity index (χ2v) is 10.4. The number of carbonyl (C=O) groups is 2. The van der Waals surface area contributed by atoms with E-state index in [1.165, 1.54) is 7.11 Å². The van der Waals surface area contributed by atoms with Gasteiger partial charge in [-0.1, -0.05) is 49.0 Å². The van der Waals surface area contributed by atoms with Crippen molar-refractivity contribution in [1.29, 1.82) is 5.26 Å². The molecule has 1 aromatic carbocycles. The van der Waals surface area contributed by atoms with Crippen LogP contribution in [0.3, 0.4) is 0 Å². The zero-order chi connectivity index (χ0) is 27.2. The summed E-state index contributed by atoms with van der Waals surface area (Å²) < 4.78 is 4.90. The second-order valence-electron chi connectivity index (χ2n) is 9.35. The predicted molar refractivity (Wildman–Crippen MR) is 143 cm³/mol. The van der Waals surface area contributed by atoms with Crippen LogP contribution >= 0.6 is 11.8 Å². The fourth-order valence-electron chi connectivity index (χ4n) is 4.56. The number of pyridine rings is 1. The number of thioether (sulfide) groups is 1. The van der Waals surface area contributed by atoms with Crippen molar-refractivity contribution in [1.82, 2.24) is 10.3 Å². The Morgan fingerprint density at radius 3 is 2.51 bits per heavy atom. The number of ether oxygens (including phenoxy) is 1. The van der Waals surface area contributed by atoms with Gasteiger partial charge in [0.1, 0.15) is 27.7 Å². The number of rotatable bonds is 9. The summed E-state index contributed by atoms with van der Waals surface area (Å²) in [5.41, 5.74) is 6.94. The monoisotopic (exact) mass is 520 g/mol. The highest BCUT2D eigenvalue weighted by Gasteiger charge is 2.34. The summed E-state index contributed by atoms with van der Waals surface area (Å²) >= 11 is 1.14. The molecule has 1 atom stereocenters. The first-order chi connectivity index (χ1) is 17.7. The van der Waals surface area contributed by atoms with Crippen LogP contribution in [0.4, 0.5) is 11.5 Å². The van der Waals surface area contributed by atoms with E-state index in [0.29, 0.717) is 47.2 Å². The number of methoxy groups -OCH3 is 1. The Morgan fingerprint density at radius 2 is 2.00 bits per heavy atom. The maximum Gasteiger partial charge on any atom is 0.325 e. The topological polar surface area (TPSA) is 126 Å². The molecule has 1 fully saturated rings. The number of nitriles is 1. The van der Waals surface area contributed by atoms with Crippen LogP contribution in [0.1, 0.15) is 55.6 Å². The second kappa shape index (κ2) is 12.1. The minimum absolute atomic E-state index is 0.0944. The predicted octanol–water partition coefficient (Wildman–Crippen LogP) is 3.90. The summed E-state index contributed by atoms with van der Waals surface area (Å²) in [5.74, 6) is -0.346. The Labute approximate surface area is 222 Å². The number of aromatic nitrogens is 1. The van der Waals surface area contributed by atoms with Crippen LogP contribution in [0.25, 0.3) is 4.85 Å². The third kappa shape index (κ3) is 6.22. The van der Waals surface area contributed by atoms with Crippen molar-refractivity contribution in [3.63, 3.8) is 0 Å². The third-order valence-electron chi connectivity index (χ3n) is 6.44. The molecule has 2 aromatic rings. The van der Waals surface area contributed by atoms with Gasteiger partial charge in [-0.25, -0.2) is 9.83 Å². The van der Waals surface area contributed by atoms with Gasteiger partial charge < -0.3 is 15.4 Å². The van der Waals surface area contributed by atoms with Crippen LogP contribution in [0.15, 0.2) is 35.4 Å². The molecule has 1 aromatic heterocycles. The van der Waals surface area contributed by atoms with Gasteiger partial charge >= 0.3 is 5.97 Å². The molecule has 2 heterocycles. The van der Waals surface area contributed by atoms with E-state index in [2.05, 4.69) is 16.2 Å².